The highest BCUT2D eigenvalue weighted by Gasteiger charge is 2.14. The number of aryl methyl sites for hydroxylation is 2. The van der Waals surface area contributed by atoms with E-state index in [4.69, 9.17) is 4.74 Å². The maximum Gasteiger partial charge on any atom is 0.262 e. The Bertz CT molecular complexity index is 719. The molecular weight excluding hydrogens is 282 g/mol. The molecule has 0 aliphatic carbocycles. The smallest absolute Gasteiger partial charge is 0.262 e. The van der Waals surface area contributed by atoms with Crippen LogP contribution in [0.15, 0.2) is 24.3 Å². The standard InChI is InChI=1S/C16H19N3O3/c1-10-16(11(2)19(4)18-10)17-15(21)9-22-14-8-6-5-7-13(14)12(3)20/h5-8H,9H2,1-4H3,(H,17,21). The first-order valence-electron chi connectivity index (χ1n) is 6.93. The zero-order valence-electron chi connectivity index (χ0n) is 13.1. The number of aromatic nitrogens is 2. The number of hydrogen-bond acceptors (Lipinski definition) is 4. The predicted octanol–water partition coefficient (Wildman–Crippen LogP) is 2.26. The molecule has 1 aromatic carbocycles. The molecule has 0 saturated carbocycles. The second kappa shape index (κ2) is 6.43. The van der Waals surface area contributed by atoms with Crippen LogP contribution in [0, 0.1) is 13.8 Å². The number of nitrogens with one attached hydrogen (secondary N) is 1. The number of rotatable bonds is 5. The zero-order valence-corrected chi connectivity index (χ0v) is 13.1. The molecule has 1 aromatic heterocycles. The molecule has 0 saturated heterocycles. The number of ketones is 1. The summed E-state index contributed by atoms with van der Waals surface area (Å²) in [5, 5.41) is 7.02. The van der Waals surface area contributed by atoms with Crippen LogP contribution < -0.4 is 10.1 Å². The molecule has 116 valence electrons. The Kier molecular flexibility index (Phi) is 4.60. The summed E-state index contributed by atoms with van der Waals surface area (Å²) in [6.45, 7) is 5.00. The third-order valence-electron chi connectivity index (χ3n) is 3.40. The van der Waals surface area contributed by atoms with Crippen molar-refractivity contribution >= 4 is 17.4 Å². The molecule has 22 heavy (non-hydrogen) atoms. The summed E-state index contributed by atoms with van der Waals surface area (Å²) < 4.78 is 7.16. The van der Waals surface area contributed by atoms with Gasteiger partial charge in [-0.15, -0.1) is 0 Å². The molecule has 0 atom stereocenters. The van der Waals surface area contributed by atoms with Gasteiger partial charge in [0.15, 0.2) is 12.4 Å². The zero-order chi connectivity index (χ0) is 16.3. The molecule has 0 radical (unpaired) electrons. The number of nitrogens with zero attached hydrogens (tertiary/aromatic N) is 2. The number of hydrogen-bond donors (Lipinski definition) is 1. The summed E-state index contributed by atoms with van der Waals surface area (Å²) in [5.41, 5.74) is 2.77. The number of para-hydroxylation sites is 1. The van der Waals surface area contributed by atoms with Crippen LogP contribution in [-0.4, -0.2) is 28.1 Å². The minimum atomic E-state index is -0.294. The van der Waals surface area contributed by atoms with E-state index < -0.39 is 0 Å². The van der Waals surface area contributed by atoms with Gasteiger partial charge in [0.25, 0.3) is 5.91 Å². The summed E-state index contributed by atoms with van der Waals surface area (Å²) in [7, 11) is 1.82. The fourth-order valence-electron chi connectivity index (χ4n) is 2.16. The van der Waals surface area contributed by atoms with Gasteiger partial charge in [-0.3, -0.25) is 14.3 Å². The summed E-state index contributed by atoms with van der Waals surface area (Å²) in [6.07, 6.45) is 0. The summed E-state index contributed by atoms with van der Waals surface area (Å²) in [6, 6.07) is 6.86. The lowest BCUT2D eigenvalue weighted by Crippen LogP contribution is -2.21. The molecule has 2 rings (SSSR count). The van der Waals surface area contributed by atoms with Crippen molar-refractivity contribution in [1.82, 2.24) is 9.78 Å². The summed E-state index contributed by atoms with van der Waals surface area (Å²) in [5.74, 6) is 0.0114. The average molecular weight is 301 g/mol. The fraction of sp³-hybridized carbons (Fsp3) is 0.312. The Morgan fingerprint density at radius 1 is 1.27 bits per heavy atom. The van der Waals surface area contributed by atoms with Gasteiger partial charge in [-0.2, -0.15) is 5.10 Å². The molecule has 0 fully saturated rings. The van der Waals surface area contributed by atoms with Crippen LogP contribution in [0.3, 0.4) is 0 Å². The molecule has 1 heterocycles. The number of anilines is 1. The van der Waals surface area contributed by atoms with Gasteiger partial charge in [0, 0.05) is 7.05 Å². The fourth-order valence-corrected chi connectivity index (χ4v) is 2.16. The van der Waals surface area contributed by atoms with Gasteiger partial charge in [0.2, 0.25) is 0 Å². The van der Waals surface area contributed by atoms with Crippen LogP contribution >= 0.6 is 0 Å². The number of amides is 1. The third-order valence-corrected chi connectivity index (χ3v) is 3.40. The Balaban J connectivity index is 2.03. The van der Waals surface area contributed by atoms with Crippen LogP contribution in [0.2, 0.25) is 0 Å². The lowest BCUT2D eigenvalue weighted by molar-refractivity contribution is -0.118. The molecule has 1 N–H and O–H groups in total. The van der Waals surface area contributed by atoms with Gasteiger partial charge in [-0.1, -0.05) is 12.1 Å². The van der Waals surface area contributed by atoms with Crippen LogP contribution in [0.1, 0.15) is 28.7 Å². The Labute approximate surface area is 129 Å². The minimum Gasteiger partial charge on any atom is -0.483 e. The van der Waals surface area contributed by atoms with E-state index in [0.717, 1.165) is 11.4 Å². The maximum atomic E-state index is 12.0. The first-order chi connectivity index (χ1) is 10.4. The molecule has 0 unspecified atom stereocenters. The van der Waals surface area contributed by atoms with Crippen molar-refractivity contribution in [1.29, 1.82) is 0 Å². The summed E-state index contributed by atoms with van der Waals surface area (Å²) >= 11 is 0. The SMILES string of the molecule is CC(=O)c1ccccc1OCC(=O)Nc1c(C)nn(C)c1C. The largest absolute Gasteiger partial charge is 0.483 e. The van der Waals surface area contributed by atoms with Crippen molar-refractivity contribution in [3.05, 3.63) is 41.2 Å². The minimum absolute atomic E-state index is 0.102. The average Bonchev–Trinajstić information content (AvgIpc) is 2.72. The van der Waals surface area contributed by atoms with Crippen LogP contribution in [0.25, 0.3) is 0 Å². The molecule has 0 aliphatic rings. The van der Waals surface area contributed by atoms with Crippen LogP contribution in [-0.2, 0) is 11.8 Å². The number of Topliss-reactive ketones (excluding diaryl/α,β-unsaturated/α-hetero) is 1. The topological polar surface area (TPSA) is 73.2 Å². The number of ether oxygens (including phenoxy) is 1. The number of carbonyl (C=O) groups is 2. The quantitative estimate of drug-likeness (QED) is 0.860. The van der Waals surface area contributed by atoms with Gasteiger partial charge in [-0.05, 0) is 32.9 Å². The van der Waals surface area contributed by atoms with E-state index in [1.54, 1.807) is 28.9 Å². The lowest BCUT2D eigenvalue weighted by atomic mass is 10.1. The van der Waals surface area contributed by atoms with Crippen molar-refractivity contribution in [2.24, 2.45) is 7.05 Å². The van der Waals surface area contributed by atoms with Crippen LogP contribution in [0.4, 0.5) is 5.69 Å². The monoisotopic (exact) mass is 301 g/mol. The van der Waals surface area contributed by atoms with Gasteiger partial charge >= 0.3 is 0 Å². The highest BCUT2D eigenvalue weighted by Crippen LogP contribution is 2.20. The molecule has 6 heteroatoms. The second-order valence-corrected chi connectivity index (χ2v) is 5.06. The van der Waals surface area contributed by atoms with Gasteiger partial charge < -0.3 is 10.1 Å². The van der Waals surface area contributed by atoms with E-state index in [9.17, 15) is 9.59 Å². The number of carbonyl (C=O) groups excluding carboxylic acids is 2. The Morgan fingerprint density at radius 3 is 2.55 bits per heavy atom. The van der Waals surface area contributed by atoms with Gasteiger partial charge in [0.1, 0.15) is 5.75 Å². The van der Waals surface area contributed by atoms with Crippen LogP contribution in [0.5, 0.6) is 5.75 Å². The molecule has 0 spiro atoms. The third kappa shape index (κ3) is 3.33. The second-order valence-electron chi connectivity index (χ2n) is 5.06. The molecule has 2 aromatic rings. The molecule has 1 amide bonds. The molecule has 0 aliphatic heterocycles. The first kappa shape index (κ1) is 15.8. The van der Waals surface area contributed by atoms with Gasteiger partial charge in [-0.25, -0.2) is 0 Å². The molecule has 6 nitrogen and oxygen atoms in total. The van der Waals surface area contributed by atoms with Crippen molar-refractivity contribution in [3.8, 4) is 5.75 Å². The van der Waals surface area contributed by atoms with Gasteiger partial charge in [0.05, 0.1) is 22.6 Å². The van der Waals surface area contributed by atoms with E-state index in [1.807, 2.05) is 20.9 Å². The highest BCUT2D eigenvalue weighted by atomic mass is 16.5. The van der Waals surface area contributed by atoms with Crippen molar-refractivity contribution < 1.29 is 14.3 Å². The van der Waals surface area contributed by atoms with Crippen molar-refractivity contribution in [2.45, 2.75) is 20.8 Å². The first-order valence-corrected chi connectivity index (χ1v) is 6.93. The van der Waals surface area contributed by atoms with E-state index in [-0.39, 0.29) is 18.3 Å². The summed E-state index contributed by atoms with van der Waals surface area (Å²) in [4.78, 5) is 23.5. The lowest BCUT2D eigenvalue weighted by Gasteiger charge is -2.10. The predicted molar refractivity (Wildman–Crippen MR) is 83.3 cm³/mol. The number of benzene rings is 1. The van der Waals surface area contributed by atoms with Crippen molar-refractivity contribution in [2.75, 3.05) is 11.9 Å². The van der Waals surface area contributed by atoms with E-state index in [1.165, 1.54) is 6.92 Å². The maximum absolute atomic E-state index is 12.0. The van der Waals surface area contributed by atoms with E-state index in [0.29, 0.717) is 17.0 Å². The van der Waals surface area contributed by atoms with Crippen molar-refractivity contribution in [3.63, 3.8) is 0 Å². The normalized spacial score (nSPS) is 10.4. The Hall–Kier alpha value is -2.63. The van der Waals surface area contributed by atoms with E-state index in [2.05, 4.69) is 10.4 Å². The van der Waals surface area contributed by atoms with E-state index >= 15 is 0 Å². The highest BCUT2D eigenvalue weighted by molar-refractivity contribution is 5.97. The Morgan fingerprint density at radius 2 is 1.95 bits per heavy atom. The molecule has 0 bridgehead atoms. The molecular formula is C16H19N3O3.